The Morgan fingerprint density at radius 2 is 1.77 bits per heavy atom. The summed E-state index contributed by atoms with van der Waals surface area (Å²) in [6.07, 6.45) is 2.67. The number of aromatic nitrogens is 2. The Morgan fingerprint density at radius 3 is 2.23 bits per heavy atom. The van der Waals surface area contributed by atoms with Gasteiger partial charge in [0.05, 0.1) is 12.4 Å². The zero-order valence-electron chi connectivity index (χ0n) is 8.50. The van der Waals surface area contributed by atoms with E-state index in [-0.39, 0.29) is 17.2 Å². The molecule has 1 heterocycles. The van der Waals surface area contributed by atoms with Gasteiger partial charge in [0.25, 0.3) is 0 Å². The summed E-state index contributed by atoms with van der Waals surface area (Å²) in [5.74, 6) is -0.125. The number of nitrogens with zero attached hydrogens (tertiary/aromatic N) is 2. The van der Waals surface area contributed by atoms with Crippen LogP contribution in [0.15, 0.2) is 12.4 Å². The van der Waals surface area contributed by atoms with Crippen LogP contribution < -0.4 is 0 Å². The lowest BCUT2D eigenvalue weighted by atomic mass is 9.78. The number of hydrogen-bond donors (Lipinski definition) is 0. The fourth-order valence-corrected chi connectivity index (χ4v) is 1.10. The molecule has 0 saturated heterocycles. The molecule has 0 aliphatic rings. The standard InChI is InChI=1S/C10H15FN2/c1-7(10(2,3)4)8-5-12-13-6-9(8)11/h5-7H,1-4H3. The third-order valence-electron chi connectivity index (χ3n) is 2.48. The van der Waals surface area contributed by atoms with E-state index in [1.165, 1.54) is 6.20 Å². The van der Waals surface area contributed by atoms with Crippen LogP contribution in [-0.2, 0) is 0 Å². The van der Waals surface area contributed by atoms with Crippen molar-refractivity contribution in [1.82, 2.24) is 10.2 Å². The zero-order chi connectivity index (χ0) is 10.1. The Balaban J connectivity index is 3.02. The summed E-state index contributed by atoms with van der Waals surface area (Å²) in [4.78, 5) is 0. The summed E-state index contributed by atoms with van der Waals surface area (Å²) in [7, 11) is 0. The van der Waals surface area contributed by atoms with Crippen molar-refractivity contribution in [2.75, 3.05) is 0 Å². The molecule has 0 aromatic carbocycles. The van der Waals surface area contributed by atoms with E-state index in [0.717, 1.165) is 6.20 Å². The average Bonchev–Trinajstić information content (AvgIpc) is 2.02. The SMILES string of the molecule is CC(c1cnncc1F)C(C)(C)C. The van der Waals surface area contributed by atoms with Crippen molar-refractivity contribution in [3.63, 3.8) is 0 Å². The molecule has 0 radical (unpaired) electrons. The van der Waals surface area contributed by atoms with Crippen LogP contribution in [-0.4, -0.2) is 10.2 Å². The van der Waals surface area contributed by atoms with Crippen LogP contribution in [0.5, 0.6) is 0 Å². The molecule has 0 N–H and O–H groups in total. The molecule has 0 amide bonds. The molecule has 1 aromatic rings. The molecule has 0 aliphatic carbocycles. The van der Waals surface area contributed by atoms with Crippen LogP contribution in [0, 0.1) is 11.2 Å². The maximum absolute atomic E-state index is 13.3. The molecule has 0 spiro atoms. The van der Waals surface area contributed by atoms with Crippen molar-refractivity contribution in [2.24, 2.45) is 5.41 Å². The van der Waals surface area contributed by atoms with Gasteiger partial charge >= 0.3 is 0 Å². The molecular weight excluding hydrogens is 167 g/mol. The summed E-state index contributed by atoms with van der Waals surface area (Å²) in [5.41, 5.74) is 0.687. The van der Waals surface area contributed by atoms with Crippen LogP contribution in [0.3, 0.4) is 0 Å². The molecule has 1 rings (SSSR count). The monoisotopic (exact) mass is 182 g/mol. The fourth-order valence-electron chi connectivity index (χ4n) is 1.10. The van der Waals surface area contributed by atoms with Crippen LogP contribution in [0.25, 0.3) is 0 Å². The molecule has 0 fully saturated rings. The Kier molecular flexibility index (Phi) is 2.64. The zero-order valence-corrected chi connectivity index (χ0v) is 8.50. The molecule has 13 heavy (non-hydrogen) atoms. The summed E-state index contributed by atoms with van der Waals surface area (Å²) < 4.78 is 13.3. The summed E-state index contributed by atoms with van der Waals surface area (Å²) in [6.45, 7) is 8.24. The van der Waals surface area contributed by atoms with Gasteiger partial charge in [-0.3, -0.25) is 0 Å². The maximum atomic E-state index is 13.3. The topological polar surface area (TPSA) is 25.8 Å². The number of hydrogen-bond acceptors (Lipinski definition) is 2. The van der Waals surface area contributed by atoms with Gasteiger partial charge in [0.2, 0.25) is 0 Å². The van der Waals surface area contributed by atoms with E-state index < -0.39 is 0 Å². The molecule has 0 bridgehead atoms. The molecule has 0 saturated carbocycles. The Bertz CT molecular complexity index is 291. The van der Waals surface area contributed by atoms with Gasteiger partial charge in [0, 0.05) is 5.56 Å². The van der Waals surface area contributed by atoms with E-state index in [9.17, 15) is 4.39 Å². The van der Waals surface area contributed by atoms with Crippen LogP contribution in [0.2, 0.25) is 0 Å². The highest BCUT2D eigenvalue weighted by molar-refractivity contribution is 5.16. The van der Waals surface area contributed by atoms with Gasteiger partial charge in [0.1, 0.15) is 5.82 Å². The molecule has 1 unspecified atom stereocenters. The molecular formula is C10H15FN2. The van der Waals surface area contributed by atoms with Gasteiger partial charge in [-0.1, -0.05) is 27.7 Å². The lowest BCUT2D eigenvalue weighted by Crippen LogP contribution is -2.16. The first-order valence-electron chi connectivity index (χ1n) is 4.39. The largest absolute Gasteiger partial charge is 0.205 e. The summed E-state index contributed by atoms with van der Waals surface area (Å²) >= 11 is 0. The lowest BCUT2D eigenvalue weighted by molar-refractivity contribution is 0.330. The second-order valence-electron chi connectivity index (χ2n) is 4.38. The first-order valence-corrected chi connectivity index (χ1v) is 4.39. The molecule has 1 aromatic heterocycles. The predicted molar refractivity (Wildman–Crippen MR) is 49.9 cm³/mol. The van der Waals surface area contributed by atoms with Crippen molar-refractivity contribution < 1.29 is 4.39 Å². The van der Waals surface area contributed by atoms with E-state index in [4.69, 9.17) is 0 Å². The Morgan fingerprint density at radius 1 is 1.23 bits per heavy atom. The first-order chi connectivity index (χ1) is 5.93. The molecule has 1 atom stereocenters. The highest BCUT2D eigenvalue weighted by Crippen LogP contribution is 2.34. The minimum Gasteiger partial charge on any atom is -0.205 e. The molecule has 0 aliphatic heterocycles. The lowest BCUT2D eigenvalue weighted by Gasteiger charge is -2.27. The van der Waals surface area contributed by atoms with E-state index in [1.54, 1.807) is 0 Å². The van der Waals surface area contributed by atoms with E-state index in [0.29, 0.717) is 5.56 Å². The Labute approximate surface area is 78.2 Å². The van der Waals surface area contributed by atoms with Gasteiger partial charge in [-0.15, -0.1) is 0 Å². The summed E-state index contributed by atoms with van der Waals surface area (Å²) in [5, 5.41) is 7.17. The number of rotatable bonds is 1. The molecule has 72 valence electrons. The van der Waals surface area contributed by atoms with Crippen molar-refractivity contribution in [3.8, 4) is 0 Å². The normalized spacial score (nSPS) is 14.2. The van der Waals surface area contributed by atoms with Gasteiger partial charge in [-0.25, -0.2) is 4.39 Å². The smallest absolute Gasteiger partial charge is 0.148 e. The minimum atomic E-state index is -0.266. The quantitative estimate of drug-likeness (QED) is 0.667. The Hall–Kier alpha value is -0.990. The van der Waals surface area contributed by atoms with Crippen LogP contribution >= 0.6 is 0 Å². The predicted octanol–water partition coefficient (Wildman–Crippen LogP) is 2.77. The van der Waals surface area contributed by atoms with Crippen LogP contribution in [0.1, 0.15) is 39.2 Å². The third kappa shape index (κ3) is 2.23. The van der Waals surface area contributed by atoms with E-state index in [1.807, 2.05) is 6.92 Å². The van der Waals surface area contributed by atoms with Crippen LogP contribution in [0.4, 0.5) is 4.39 Å². The maximum Gasteiger partial charge on any atom is 0.148 e. The van der Waals surface area contributed by atoms with Gasteiger partial charge in [-0.05, 0) is 11.3 Å². The minimum absolute atomic E-state index is 0.0455. The average molecular weight is 182 g/mol. The van der Waals surface area contributed by atoms with E-state index in [2.05, 4.69) is 31.0 Å². The first kappa shape index (κ1) is 10.1. The van der Waals surface area contributed by atoms with Gasteiger partial charge in [-0.2, -0.15) is 10.2 Å². The van der Waals surface area contributed by atoms with Crippen molar-refractivity contribution in [1.29, 1.82) is 0 Å². The van der Waals surface area contributed by atoms with Crippen molar-refractivity contribution in [3.05, 3.63) is 23.8 Å². The second-order valence-corrected chi connectivity index (χ2v) is 4.38. The number of halogens is 1. The highest BCUT2D eigenvalue weighted by Gasteiger charge is 2.24. The third-order valence-corrected chi connectivity index (χ3v) is 2.48. The summed E-state index contributed by atoms with van der Waals surface area (Å²) in [6, 6.07) is 0. The van der Waals surface area contributed by atoms with Crippen molar-refractivity contribution >= 4 is 0 Å². The highest BCUT2D eigenvalue weighted by atomic mass is 19.1. The van der Waals surface area contributed by atoms with Crippen molar-refractivity contribution in [2.45, 2.75) is 33.6 Å². The molecule has 3 heteroatoms. The fraction of sp³-hybridized carbons (Fsp3) is 0.600. The van der Waals surface area contributed by atoms with E-state index >= 15 is 0 Å². The van der Waals surface area contributed by atoms with Gasteiger partial charge < -0.3 is 0 Å². The second kappa shape index (κ2) is 3.40. The molecule has 2 nitrogen and oxygen atoms in total. The van der Waals surface area contributed by atoms with Gasteiger partial charge in [0.15, 0.2) is 0 Å².